The molecular weight excluding hydrogens is 372 g/mol. The summed E-state index contributed by atoms with van der Waals surface area (Å²) in [6.45, 7) is 7.61. The first kappa shape index (κ1) is 22.3. The first-order chi connectivity index (χ1) is 14.8. The number of piperidine rings is 1. The Hall–Kier alpha value is -2.37. The highest BCUT2D eigenvalue weighted by Gasteiger charge is 2.12. The Kier molecular flexibility index (Phi) is 9.19. The fourth-order valence-corrected chi connectivity index (χ4v) is 3.90. The summed E-state index contributed by atoms with van der Waals surface area (Å²) in [7, 11) is 0. The molecule has 0 spiro atoms. The molecule has 30 heavy (non-hydrogen) atoms. The van der Waals surface area contributed by atoms with Crippen molar-refractivity contribution in [2.75, 3.05) is 26.2 Å². The molecule has 1 aliphatic heterocycles. The molecule has 2 aromatic rings. The number of aliphatic hydroxyl groups excluding tert-OH is 1. The Morgan fingerprint density at radius 2 is 1.67 bits per heavy atom. The third kappa shape index (κ3) is 7.15. The second kappa shape index (κ2) is 12.4. The Morgan fingerprint density at radius 1 is 0.967 bits per heavy atom. The zero-order chi connectivity index (χ0) is 21.0. The minimum Gasteiger partial charge on any atom is -0.388 e. The molecular formula is C25H36N4O. The van der Waals surface area contributed by atoms with Crippen molar-refractivity contribution in [3.8, 4) is 0 Å². The van der Waals surface area contributed by atoms with Crippen molar-refractivity contribution in [1.29, 1.82) is 0 Å². The van der Waals surface area contributed by atoms with Crippen LogP contribution in [0.3, 0.4) is 0 Å². The summed E-state index contributed by atoms with van der Waals surface area (Å²) < 4.78 is 0. The van der Waals surface area contributed by atoms with Crippen LogP contribution in [-0.4, -0.2) is 42.1 Å². The van der Waals surface area contributed by atoms with Gasteiger partial charge in [-0.3, -0.25) is 4.90 Å². The van der Waals surface area contributed by atoms with Crippen LogP contribution in [0, 0.1) is 0 Å². The maximum absolute atomic E-state index is 10.4. The van der Waals surface area contributed by atoms with E-state index in [9.17, 15) is 5.11 Å². The number of guanidine groups is 1. The van der Waals surface area contributed by atoms with Gasteiger partial charge >= 0.3 is 0 Å². The minimum atomic E-state index is -0.466. The Bertz CT molecular complexity index is 772. The van der Waals surface area contributed by atoms with E-state index in [4.69, 9.17) is 4.99 Å². The Morgan fingerprint density at radius 3 is 2.40 bits per heavy atom. The fourth-order valence-electron chi connectivity index (χ4n) is 3.90. The van der Waals surface area contributed by atoms with Crippen LogP contribution in [0.1, 0.15) is 55.4 Å². The van der Waals surface area contributed by atoms with Gasteiger partial charge in [-0.1, -0.05) is 61.0 Å². The van der Waals surface area contributed by atoms with Gasteiger partial charge in [0.15, 0.2) is 5.96 Å². The van der Waals surface area contributed by atoms with Gasteiger partial charge in [0, 0.05) is 19.6 Å². The molecule has 1 heterocycles. The lowest BCUT2D eigenvalue weighted by molar-refractivity contribution is 0.168. The van der Waals surface area contributed by atoms with E-state index in [1.807, 2.05) is 30.3 Å². The number of rotatable bonds is 9. The van der Waals surface area contributed by atoms with Crippen LogP contribution >= 0.6 is 0 Å². The van der Waals surface area contributed by atoms with Crippen LogP contribution in [-0.2, 0) is 13.1 Å². The first-order valence-corrected chi connectivity index (χ1v) is 11.3. The minimum absolute atomic E-state index is 0.466. The van der Waals surface area contributed by atoms with E-state index in [0.29, 0.717) is 19.5 Å². The van der Waals surface area contributed by atoms with Crippen molar-refractivity contribution in [1.82, 2.24) is 15.5 Å². The summed E-state index contributed by atoms with van der Waals surface area (Å²) >= 11 is 0. The second-order valence-electron chi connectivity index (χ2n) is 7.94. The summed E-state index contributed by atoms with van der Waals surface area (Å²) in [4.78, 5) is 7.36. The Balaban J connectivity index is 1.55. The molecule has 0 aromatic heterocycles. The molecule has 2 aromatic carbocycles. The summed E-state index contributed by atoms with van der Waals surface area (Å²) in [6, 6.07) is 18.4. The number of nitrogens with zero attached hydrogens (tertiary/aromatic N) is 2. The van der Waals surface area contributed by atoms with Gasteiger partial charge in [-0.2, -0.15) is 0 Å². The third-order valence-electron chi connectivity index (χ3n) is 5.61. The van der Waals surface area contributed by atoms with E-state index >= 15 is 0 Å². The van der Waals surface area contributed by atoms with Gasteiger partial charge in [-0.25, -0.2) is 4.99 Å². The van der Waals surface area contributed by atoms with Crippen molar-refractivity contribution >= 4 is 5.96 Å². The fraction of sp³-hybridized carbons (Fsp3) is 0.480. The van der Waals surface area contributed by atoms with E-state index in [-0.39, 0.29) is 0 Å². The topological polar surface area (TPSA) is 59.9 Å². The number of hydrogen-bond acceptors (Lipinski definition) is 3. The predicted molar refractivity (Wildman–Crippen MR) is 124 cm³/mol. The largest absolute Gasteiger partial charge is 0.388 e. The Labute approximate surface area is 181 Å². The lowest BCUT2D eigenvalue weighted by Gasteiger charge is -2.27. The average Bonchev–Trinajstić information content (AvgIpc) is 2.79. The van der Waals surface area contributed by atoms with Crippen LogP contribution in [0.25, 0.3) is 0 Å². The van der Waals surface area contributed by atoms with E-state index in [1.54, 1.807) is 0 Å². The van der Waals surface area contributed by atoms with Crippen LogP contribution in [0.2, 0.25) is 0 Å². The van der Waals surface area contributed by atoms with E-state index in [0.717, 1.165) is 24.6 Å². The maximum Gasteiger partial charge on any atom is 0.191 e. The number of aliphatic hydroxyl groups is 1. The van der Waals surface area contributed by atoms with Crippen molar-refractivity contribution in [2.45, 2.75) is 51.8 Å². The third-order valence-corrected chi connectivity index (χ3v) is 5.61. The van der Waals surface area contributed by atoms with Crippen molar-refractivity contribution in [3.63, 3.8) is 0 Å². The predicted octanol–water partition coefficient (Wildman–Crippen LogP) is 3.85. The molecule has 1 atom stereocenters. The summed E-state index contributed by atoms with van der Waals surface area (Å²) in [6.07, 6.45) is 4.15. The zero-order valence-electron chi connectivity index (χ0n) is 18.2. The van der Waals surface area contributed by atoms with Crippen molar-refractivity contribution in [3.05, 3.63) is 71.3 Å². The van der Waals surface area contributed by atoms with Gasteiger partial charge in [0.25, 0.3) is 0 Å². The first-order valence-electron chi connectivity index (χ1n) is 11.3. The molecule has 0 amide bonds. The standard InChI is InChI=1S/C25H36N4O/c1-2-26-25(27-16-15-24(30)21-11-5-3-6-12-21)28-19-22-13-7-8-14-23(22)20-29-17-9-4-10-18-29/h3,5-8,11-14,24,30H,2,4,9-10,15-20H2,1H3,(H2,26,27,28). The highest BCUT2D eigenvalue weighted by molar-refractivity contribution is 5.79. The summed E-state index contributed by atoms with van der Waals surface area (Å²) in [5.74, 6) is 0.797. The van der Waals surface area contributed by atoms with Crippen LogP contribution in [0.4, 0.5) is 0 Å². The van der Waals surface area contributed by atoms with Crippen molar-refractivity contribution < 1.29 is 5.11 Å². The van der Waals surface area contributed by atoms with E-state index in [1.165, 1.54) is 43.5 Å². The molecule has 0 bridgehead atoms. The van der Waals surface area contributed by atoms with Gasteiger partial charge in [-0.15, -0.1) is 0 Å². The maximum atomic E-state index is 10.4. The number of likely N-dealkylation sites (tertiary alicyclic amines) is 1. The van der Waals surface area contributed by atoms with E-state index in [2.05, 4.69) is 46.7 Å². The monoisotopic (exact) mass is 408 g/mol. The molecule has 1 aliphatic rings. The number of nitrogens with one attached hydrogen (secondary N) is 2. The smallest absolute Gasteiger partial charge is 0.191 e. The summed E-state index contributed by atoms with van der Waals surface area (Å²) in [5.41, 5.74) is 3.61. The lowest BCUT2D eigenvalue weighted by Crippen LogP contribution is -2.38. The zero-order valence-corrected chi connectivity index (χ0v) is 18.2. The van der Waals surface area contributed by atoms with Gasteiger partial charge in [0.1, 0.15) is 0 Å². The molecule has 5 heteroatoms. The van der Waals surface area contributed by atoms with Crippen molar-refractivity contribution in [2.24, 2.45) is 4.99 Å². The molecule has 162 valence electrons. The number of benzene rings is 2. The van der Waals surface area contributed by atoms with Crippen LogP contribution < -0.4 is 10.6 Å². The summed E-state index contributed by atoms with van der Waals surface area (Å²) in [5, 5.41) is 17.0. The highest BCUT2D eigenvalue weighted by Crippen LogP contribution is 2.17. The lowest BCUT2D eigenvalue weighted by atomic mass is 10.1. The average molecular weight is 409 g/mol. The molecule has 1 unspecified atom stereocenters. The molecule has 5 nitrogen and oxygen atoms in total. The SMILES string of the molecule is CCNC(=NCc1ccccc1CN1CCCCC1)NCCC(O)c1ccccc1. The van der Waals surface area contributed by atoms with Gasteiger partial charge in [-0.05, 0) is 56.0 Å². The highest BCUT2D eigenvalue weighted by atomic mass is 16.3. The molecule has 1 fully saturated rings. The molecule has 3 rings (SSSR count). The molecule has 0 saturated carbocycles. The van der Waals surface area contributed by atoms with Gasteiger partial charge < -0.3 is 15.7 Å². The molecule has 3 N–H and O–H groups in total. The molecule has 1 saturated heterocycles. The number of aliphatic imine (C=N–C) groups is 1. The van der Waals surface area contributed by atoms with Crippen LogP contribution in [0.5, 0.6) is 0 Å². The normalized spacial score (nSPS) is 16.3. The molecule has 0 radical (unpaired) electrons. The second-order valence-corrected chi connectivity index (χ2v) is 7.94. The molecule has 0 aliphatic carbocycles. The van der Waals surface area contributed by atoms with Gasteiger partial charge in [0.2, 0.25) is 0 Å². The quantitative estimate of drug-likeness (QED) is 0.436. The van der Waals surface area contributed by atoms with Gasteiger partial charge in [0.05, 0.1) is 12.6 Å². The van der Waals surface area contributed by atoms with Crippen LogP contribution in [0.15, 0.2) is 59.6 Å². The number of hydrogen-bond donors (Lipinski definition) is 3. The van der Waals surface area contributed by atoms with E-state index < -0.39 is 6.10 Å².